The van der Waals surface area contributed by atoms with E-state index in [1.807, 2.05) is 59.6 Å². The van der Waals surface area contributed by atoms with Crippen molar-refractivity contribution in [3.63, 3.8) is 0 Å². The van der Waals surface area contributed by atoms with Gasteiger partial charge in [0.05, 0.1) is 12.8 Å². The van der Waals surface area contributed by atoms with Crippen LogP contribution < -0.4 is 10.1 Å². The Kier molecular flexibility index (Phi) is 7.28. The number of hydrogen-bond acceptors (Lipinski definition) is 5. The Bertz CT molecular complexity index is 932. The molecule has 3 aromatic rings. The average molecular weight is 411 g/mol. The highest BCUT2D eigenvalue weighted by Gasteiger charge is 2.06. The summed E-state index contributed by atoms with van der Waals surface area (Å²) in [6.07, 6.45) is 4.49. The first-order valence-corrected chi connectivity index (χ1v) is 10.9. The zero-order valence-electron chi connectivity index (χ0n) is 15.8. The molecule has 28 heavy (non-hydrogen) atoms. The third kappa shape index (κ3) is 5.71. The van der Waals surface area contributed by atoms with Crippen LogP contribution in [0.15, 0.2) is 64.9 Å². The second-order valence-corrected chi connectivity index (χ2v) is 8.03. The Morgan fingerprint density at radius 1 is 1.18 bits per heavy atom. The molecular formula is C22H22N2O2S2. The monoisotopic (exact) mass is 410 g/mol. The Morgan fingerprint density at radius 3 is 2.61 bits per heavy atom. The van der Waals surface area contributed by atoms with E-state index < -0.39 is 0 Å². The minimum atomic E-state index is -0.194. The highest BCUT2D eigenvalue weighted by Crippen LogP contribution is 2.26. The van der Waals surface area contributed by atoms with Crippen LogP contribution in [0.1, 0.15) is 18.9 Å². The summed E-state index contributed by atoms with van der Waals surface area (Å²) >= 11 is 3.24. The summed E-state index contributed by atoms with van der Waals surface area (Å²) < 4.78 is 5.17. The number of methoxy groups -OCH3 is 1. The first-order chi connectivity index (χ1) is 13.7. The van der Waals surface area contributed by atoms with Crippen LogP contribution in [0, 0.1) is 0 Å². The number of hydrogen-bond donors (Lipinski definition) is 1. The van der Waals surface area contributed by atoms with Crippen LogP contribution in [0.2, 0.25) is 0 Å². The quantitative estimate of drug-likeness (QED) is 0.367. The third-order valence-electron chi connectivity index (χ3n) is 3.90. The lowest BCUT2D eigenvalue weighted by Gasteiger charge is -2.01. The minimum absolute atomic E-state index is 0.194. The van der Waals surface area contributed by atoms with Crippen molar-refractivity contribution in [1.29, 1.82) is 0 Å². The Labute approximate surface area is 173 Å². The molecular weight excluding hydrogens is 388 g/mol. The van der Waals surface area contributed by atoms with E-state index in [1.54, 1.807) is 7.11 Å². The van der Waals surface area contributed by atoms with Crippen LogP contribution in [-0.2, 0) is 4.79 Å². The molecule has 0 spiro atoms. The van der Waals surface area contributed by atoms with Crippen molar-refractivity contribution in [3.05, 3.63) is 65.6 Å². The zero-order chi connectivity index (χ0) is 19.8. The number of rotatable bonds is 8. The van der Waals surface area contributed by atoms with E-state index in [1.165, 1.54) is 22.3 Å². The lowest BCUT2D eigenvalue weighted by atomic mass is 10.2. The van der Waals surface area contributed by atoms with E-state index in [0.29, 0.717) is 5.13 Å². The highest BCUT2D eigenvalue weighted by atomic mass is 32.2. The van der Waals surface area contributed by atoms with E-state index in [4.69, 9.17) is 4.74 Å². The summed E-state index contributed by atoms with van der Waals surface area (Å²) in [5.41, 5.74) is 2.80. The number of nitrogens with zero attached hydrogens (tertiary/aromatic N) is 1. The summed E-state index contributed by atoms with van der Waals surface area (Å²) in [6.45, 7) is 2.17. The lowest BCUT2D eigenvalue weighted by Crippen LogP contribution is -2.07. The standard InChI is InChI=1S/C22H22N2O2S2/c1-3-14-27-19-11-4-16(5-12-19)6-13-21(25)24-22-23-20(15-28-22)17-7-9-18(26-2)10-8-17/h4-13,15H,3,14H2,1-2H3,(H,23,24,25)/b13-6-. The van der Waals surface area contributed by atoms with Crippen molar-refractivity contribution in [2.24, 2.45) is 0 Å². The number of thioether (sulfide) groups is 1. The van der Waals surface area contributed by atoms with Gasteiger partial charge in [0.2, 0.25) is 5.91 Å². The third-order valence-corrected chi connectivity index (χ3v) is 5.88. The topological polar surface area (TPSA) is 51.2 Å². The van der Waals surface area contributed by atoms with E-state index in [-0.39, 0.29) is 5.91 Å². The molecule has 3 rings (SSSR count). The number of amides is 1. The molecule has 4 nitrogen and oxygen atoms in total. The number of carbonyl (C=O) groups excluding carboxylic acids is 1. The predicted molar refractivity (Wildman–Crippen MR) is 119 cm³/mol. The molecule has 0 radical (unpaired) electrons. The molecule has 1 aromatic heterocycles. The summed E-state index contributed by atoms with van der Waals surface area (Å²) in [5, 5.41) is 5.32. The lowest BCUT2D eigenvalue weighted by molar-refractivity contribution is -0.111. The van der Waals surface area contributed by atoms with Crippen LogP contribution in [0.25, 0.3) is 17.3 Å². The SMILES string of the molecule is CCCSc1ccc(/C=C\C(=O)Nc2nc(-c3ccc(OC)cc3)cs2)cc1. The summed E-state index contributed by atoms with van der Waals surface area (Å²) in [7, 11) is 1.64. The van der Waals surface area contributed by atoms with Crippen molar-refractivity contribution in [3.8, 4) is 17.0 Å². The van der Waals surface area contributed by atoms with E-state index in [2.05, 4.69) is 29.4 Å². The Hall–Kier alpha value is -2.57. The maximum Gasteiger partial charge on any atom is 0.250 e. The molecule has 0 saturated heterocycles. The van der Waals surface area contributed by atoms with Gasteiger partial charge in [-0.3, -0.25) is 10.1 Å². The molecule has 0 aliphatic carbocycles. The zero-order valence-corrected chi connectivity index (χ0v) is 17.5. The van der Waals surface area contributed by atoms with Gasteiger partial charge in [0.25, 0.3) is 0 Å². The number of thiazole rings is 1. The number of nitrogens with one attached hydrogen (secondary N) is 1. The first-order valence-electron chi connectivity index (χ1n) is 9.00. The molecule has 2 aromatic carbocycles. The number of anilines is 1. The number of ether oxygens (including phenoxy) is 1. The number of aromatic nitrogens is 1. The molecule has 0 saturated carbocycles. The Balaban J connectivity index is 1.57. The predicted octanol–water partition coefficient (Wildman–Crippen LogP) is 5.97. The van der Waals surface area contributed by atoms with E-state index in [9.17, 15) is 4.79 Å². The molecule has 0 bridgehead atoms. The fraction of sp³-hybridized carbons (Fsp3) is 0.182. The molecule has 0 atom stereocenters. The van der Waals surface area contributed by atoms with Crippen LogP contribution in [0.3, 0.4) is 0 Å². The van der Waals surface area contributed by atoms with Gasteiger partial charge in [-0.15, -0.1) is 23.1 Å². The van der Waals surface area contributed by atoms with Crippen LogP contribution in [-0.4, -0.2) is 23.8 Å². The molecule has 144 valence electrons. The smallest absolute Gasteiger partial charge is 0.250 e. The molecule has 0 fully saturated rings. The summed E-state index contributed by atoms with van der Waals surface area (Å²) in [5.74, 6) is 1.72. The van der Waals surface area contributed by atoms with Crippen molar-refractivity contribution in [2.45, 2.75) is 18.2 Å². The van der Waals surface area contributed by atoms with Gasteiger partial charge < -0.3 is 4.74 Å². The molecule has 1 N–H and O–H groups in total. The average Bonchev–Trinajstić information content (AvgIpc) is 3.20. The van der Waals surface area contributed by atoms with Gasteiger partial charge in [0, 0.05) is 21.9 Å². The number of carbonyl (C=O) groups is 1. The van der Waals surface area contributed by atoms with Crippen LogP contribution >= 0.6 is 23.1 Å². The normalized spacial score (nSPS) is 10.9. The van der Waals surface area contributed by atoms with Gasteiger partial charge in [0.15, 0.2) is 5.13 Å². The fourth-order valence-corrected chi connectivity index (χ4v) is 3.93. The van der Waals surface area contributed by atoms with Gasteiger partial charge in [-0.25, -0.2) is 4.98 Å². The molecule has 0 aliphatic heterocycles. The molecule has 1 amide bonds. The number of benzene rings is 2. The molecule has 0 aliphatic rings. The van der Waals surface area contributed by atoms with Crippen molar-refractivity contribution >= 4 is 40.2 Å². The van der Waals surface area contributed by atoms with Gasteiger partial charge in [-0.05, 0) is 60.2 Å². The molecule has 0 unspecified atom stereocenters. The summed E-state index contributed by atoms with van der Waals surface area (Å²) in [4.78, 5) is 17.9. The second-order valence-electron chi connectivity index (χ2n) is 6.01. The highest BCUT2D eigenvalue weighted by molar-refractivity contribution is 7.99. The van der Waals surface area contributed by atoms with E-state index in [0.717, 1.165) is 34.7 Å². The Morgan fingerprint density at radius 2 is 1.93 bits per heavy atom. The maximum absolute atomic E-state index is 12.2. The van der Waals surface area contributed by atoms with Crippen molar-refractivity contribution in [1.82, 2.24) is 4.98 Å². The largest absolute Gasteiger partial charge is 0.497 e. The van der Waals surface area contributed by atoms with Gasteiger partial charge in [-0.2, -0.15) is 0 Å². The van der Waals surface area contributed by atoms with Crippen LogP contribution in [0.4, 0.5) is 5.13 Å². The summed E-state index contributed by atoms with van der Waals surface area (Å²) in [6, 6.07) is 15.9. The van der Waals surface area contributed by atoms with Crippen molar-refractivity contribution < 1.29 is 9.53 Å². The van der Waals surface area contributed by atoms with E-state index >= 15 is 0 Å². The van der Waals surface area contributed by atoms with Crippen molar-refractivity contribution in [2.75, 3.05) is 18.2 Å². The van der Waals surface area contributed by atoms with Crippen LogP contribution in [0.5, 0.6) is 5.75 Å². The fourth-order valence-electron chi connectivity index (χ4n) is 2.44. The molecule has 1 heterocycles. The van der Waals surface area contributed by atoms with Gasteiger partial charge >= 0.3 is 0 Å². The first kappa shape index (κ1) is 20.2. The second kappa shape index (κ2) is 10.1. The maximum atomic E-state index is 12.2. The van der Waals surface area contributed by atoms with Gasteiger partial charge in [0.1, 0.15) is 5.75 Å². The van der Waals surface area contributed by atoms with Gasteiger partial charge in [-0.1, -0.05) is 19.1 Å². The molecule has 6 heteroatoms. The minimum Gasteiger partial charge on any atom is -0.497 e.